The monoisotopic (exact) mass is 241 g/mol. The summed E-state index contributed by atoms with van der Waals surface area (Å²) in [4.78, 5) is 24.9. The van der Waals surface area contributed by atoms with Gasteiger partial charge in [0.15, 0.2) is 0 Å². The molecular weight excluding hydrogens is 222 g/mol. The first kappa shape index (κ1) is 13.5. The predicted octanol–water partition coefficient (Wildman–Crippen LogP) is 2.07. The summed E-state index contributed by atoms with van der Waals surface area (Å²) < 4.78 is 9.85. The summed E-state index contributed by atoms with van der Waals surface area (Å²) in [7, 11) is 0. The first-order valence-corrected chi connectivity index (χ1v) is 5.79. The third-order valence-corrected chi connectivity index (χ3v) is 2.46. The first-order chi connectivity index (χ1) is 7.97. The SMILES string of the molecule is C=C(C)OC(=O)N(C1CC1)[C@@H](C)C(=O)OCC. The minimum Gasteiger partial charge on any atom is -0.464 e. The molecule has 1 atom stereocenters. The molecule has 0 aromatic rings. The minimum atomic E-state index is -0.616. The lowest BCUT2D eigenvalue weighted by Gasteiger charge is -2.26. The number of amides is 1. The van der Waals surface area contributed by atoms with Crippen molar-refractivity contribution in [1.29, 1.82) is 0 Å². The number of carbonyl (C=O) groups excluding carboxylic acids is 2. The summed E-state index contributed by atoms with van der Waals surface area (Å²) in [5, 5.41) is 0. The molecule has 0 saturated heterocycles. The van der Waals surface area contributed by atoms with Crippen molar-refractivity contribution in [1.82, 2.24) is 4.90 Å². The lowest BCUT2D eigenvalue weighted by Crippen LogP contribution is -2.45. The van der Waals surface area contributed by atoms with Crippen LogP contribution in [0.2, 0.25) is 0 Å². The molecule has 96 valence electrons. The maximum atomic E-state index is 11.8. The highest BCUT2D eigenvalue weighted by atomic mass is 16.6. The molecule has 0 N–H and O–H groups in total. The Morgan fingerprint density at radius 3 is 2.47 bits per heavy atom. The van der Waals surface area contributed by atoms with E-state index >= 15 is 0 Å². The highest BCUT2D eigenvalue weighted by molar-refractivity contribution is 5.81. The van der Waals surface area contributed by atoms with E-state index in [1.807, 2.05) is 0 Å². The Balaban J connectivity index is 2.67. The zero-order valence-electron chi connectivity index (χ0n) is 10.6. The Morgan fingerprint density at radius 1 is 1.47 bits per heavy atom. The molecule has 1 fully saturated rings. The summed E-state index contributed by atoms with van der Waals surface area (Å²) in [5.74, 6) is -0.0882. The highest BCUT2D eigenvalue weighted by Crippen LogP contribution is 2.30. The molecule has 0 spiro atoms. The van der Waals surface area contributed by atoms with Gasteiger partial charge in [0.05, 0.1) is 12.4 Å². The smallest absolute Gasteiger partial charge is 0.415 e. The molecular formula is C12H19NO4. The average molecular weight is 241 g/mol. The van der Waals surface area contributed by atoms with Crippen LogP contribution in [0, 0.1) is 0 Å². The lowest BCUT2D eigenvalue weighted by molar-refractivity contribution is -0.148. The van der Waals surface area contributed by atoms with Gasteiger partial charge >= 0.3 is 12.1 Å². The summed E-state index contributed by atoms with van der Waals surface area (Å²) >= 11 is 0. The fourth-order valence-corrected chi connectivity index (χ4v) is 1.55. The van der Waals surface area contributed by atoms with Gasteiger partial charge in [-0.05, 0) is 33.6 Å². The molecule has 0 aromatic heterocycles. The van der Waals surface area contributed by atoms with Gasteiger partial charge in [-0.2, -0.15) is 0 Å². The van der Waals surface area contributed by atoms with E-state index < -0.39 is 18.1 Å². The van der Waals surface area contributed by atoms with E-state index in [1.165, 1.54) is 4.90 Å². The lowest BCUT2D eigenvalue weighted by atomic mass is 10.3. The van der Waals surface area contributed by atoms with E-state index in [0.29, 0.717) is 12.4 Å². The summed E-state index contributed by atoms with van der Waals surface area (Å²) in [6.07, 6.45) is 1.27. The van der Waals surface area contributed by atoms with Gasteiger partial charge in [-0.1, -0.05) is 6.58 Å². The average Bonchev–Trinajstić information content (AvgIpc) is 3.01. The van der Waals surface area contributed by atoms with Crippen molar-refractivity contribution < 1.29 is 19.1 Å². The van der Waals surface area contributed by atoms with Crippen LogP contribution < -0.4 is 0 Å². The Bertz CT molecular complexity index is 322. The van der Waals surface area contributed by atoms with Gasteiger partial charge in [0.1, 0.15) is 6.04 Å². The van der Waals surface area contributed by atoms with Crippen LogP contribution in [-0.2, 0) is 14.3 Å². The van der Waals surface area contributed by atoms with Crippen LogP contribution in [0.4, 0.5) is 4.79 Å². The van der Waals surface area contributed by atoms with E-state index in [-0.39, 0.29) is 6.04 Å². The Hall–Kier alpha value is -1.52. The fourth-order valence-electron chi connectivity index (χ4n) is 1.55. The molecule has 1 amide bonds. The first-order valence-electron chi connectivity index (χ1n) is 5.79. The number of esters is 1. The van der Waals surface area contributed by atoms with Gasteiger partial charge < -0.3 is 9.47 Å². The summed E-state index contributed by atoms with van der Waals surface area (Å²) in [5.41, 5.74) is 0. The second kappa shape index (κ2) is 5.70. The van der Waals surface area contributed by atoms with Crippen LogP contribution >= 0.6 is 0 Å². The van der Waals surface area contributed by atoms with Crippen molar-refractivity contribution in [2.45, 2.75) is 45.7 Å². The summed E-state index contributed by atoms with van der Waals surface area (Å²) in [6, 6.07) is -0.532. The van der Waals surface area contributed by atoms with Crippen LogP contribution in [-0.4, -0.2) is 35.7 Å². The number of nitrogens with zero attached hydrogens (tertiary/aromatic N) is 1. The van der Waals surface area contributed by atoms with Crippen LogP contribution in [0.5, 0.6) is 0 Å². The van der Waals surface area contributed by atoms with Crippen LogP contribution in [0.3, 0.4) is 0 Å². The Kier molecular flexibility index (Phi) is 4.54. The Morgan fingerprint density at radius 2 is 2.06 bits per heavy atom. The van der Waals surface area contributed by atoms with Gasteiger partial charge in [0, 0.05) is 6.04 Å². The van der Waals surface area contributed by atoms with Crippen molar-refractivity contribution in [3.05, 3.63) is 12.3 Å². The number of allylic oxidation sites excluding steroid dienone is 1. The number of rotatable bonds is 5. The zero-order valence-corrected chi connectivity index (χ0v) is 10.6. The van der Waals surface area contributed by atoms with Gasteiger partial charge in [0.25, 0.3) is 0 Å². The van der Waals surface area contributed by atoms with Crippen LogP contribution in [0.15, 0.2) is 12.3 Å². The maximum Gasteiger partial charge on any atom is 0.415 e. The second-order valence-electron chi connectivity index (χ2n) is 4.14. The maximum absolute atomic E-state index is 11.8. The zero-order chi connectivity index (χ0) is 13.0. The molecule has 17 heavy (non-hydrogen) atoms. The van der Waals surface area contributed by atoms with Gasteiger partial charge in [-0.3, -0.25) is 4.90 Å². The minimum absolute atomic E-state index is 0.0845. The molecule has 1 aliphatic rings. The van der Waals surface area contributed by atoms with E-state index in [1.54, 1.807) is 20.8 Å². The van der Waals surface area contributed by atoms with Crippen molar-refractivity contribution >= 4 is 12.1 Å². The van der Waals surface area contributed by atoms with Gasteiger partial charge in [-0.25, -0.2) is 9.59 Å². The largest absolute Gasteiger partial charge is 0.464 e. The number of carbonyl (C=O) groups is 2. The van der Waals surface area contributed by atoms with E-state index in [0.717, 1.165) is 12.8 Å². The number of ether oxygens (including phenoxy) is 2. The van der Waals surface area contributed by atoms with E-state index in [9.17, 15) is 9.59 Å². The molecule has 0 unspecified atom stereocenters. The molecule has 1 rings (SSSR count). The molecule has 0 heterocycles. The van der Waals surface area contributed by atoms with E-state index in [4.69, 9.17) is 9.47 Å². The van der Waals surface area contributed by atoms with Crippen molar-refractivity contribution in [2.75, 3.05) is 6.61 Å². The van der Waals surface area contributed by atoms with Crippen molar-refractivity contribution in [3.63, 3.8) is 0 Å². The third kappa shape index (κ3) is 3.76. The normalized spacial score (nSPS) is 15.9. The number of hydrogen-bond acceptors (Lipinski definition) is 4. The standard InChI is InChI=1S/C12H19NO4/c1-5-16-11(14)9(4)13(10-6-7-10)12(15)17-8(2)3/h9-10H,2,5-7H2,1,3-4H3/t9-/m0/s1. The molecule has 1 aliphatic carbocycles. The quantitative estimate of drug-likeness (QED) is 0.546. The second-order valence-corrected chi connectivity index (χ2v) is 4.14. The molecule has 0 radical (unpaired) electrons. The molecule has 1 saturated carbocycles. The fraction of sp³-hybridized carbons (Fsp3) is 0.667. The molecule has 0 bridgehead atoms. The molecule has 5 heteroatoms. The van der Waals surface area contributed by atoms with Crippen molar-refractivity contribution in [2.24, 2.45) is 0 Å². The molecule has 0 aliphatic heterocycles. The van der Waals surface area contributed by atoms with Crippen LogP contribution in [0.25, 0.3) is 0 Å². The van der Waals surface area contributed by atoms with E-state index in [2.05, 4.69) is 6.58 Å². The Labute approximate surface area is 101 Å². The summed E-state index contributed by atoms with van der Waals surface area (Å²) in [6.45, 7) is 8.79. The predicted molar refractivity (Wildman–Crippen MR) is 62.3 cm³/mol. The van der Waals surface area contributed by atoms with Gasteiger partial charge in [-0.15, -0.1) is 0 Å². The highest BCUT2D eigenvalue weighted by Gasteiger charge is 2.40. The number of hydrogen-bond donors (Lipinski definition) is 0. The molecule has 0 aromatic carbocycles. The van der Waals surface area contributed by atoms with Gasteiger partial charge in [0.2, 0.25) is 0 Å². The van der Waals surface area contributed by atoms with Crippen LogP contribution in [0.1, 0.15) is 33.6 Å². The topological polar surface area (TPSA) is 55.8 Å². The molecule has 5 nitrogen and oxygen atoms in total. The van der Waals surface area contributed by atoms with Crippen molar-refractivity contribution in [3.8, 4) is 0 Å². The third-order valence-electron chi connectivity index (χ3n) is 2.46.